The maximum atomic E-state index is 11.7. The van der Waals surface area contributed by atoms with Crippen molar-refractivity contribution in [2.24, 2.45) is 0 Å². The number of likely N-dealkylation sites (N-methyl/N-ethyl adjacent to an activating group) is 1. The molecule has 1 aromatic rings. The Morgan fingerprint density at radius 2 is 1.76 bits per heavy atom. The summed E-state index contributed by atoms with van der Waals surface area (Å²) in [4.78, 5) is 24.9. The zero-order valence-electron chi connectivity index (χ0n) is 11.9. The van der Waals surface area contributed by atoms with Gasteiger partial charge in [0.15, 0.2) is 0 Å². The molecular weight excluding hydrogens is 281 g/mol. The molecule has 0 amide bonds. The number of carbonyl (C=O) groups is 2. The third kappa shape index (κ3) is 3.60. The van der Waals surface area contributed by atoms with Crippen LogP contribution in [-0.4, -0.2) is 68.5 Å². The molecule has 21 heavy (non-hydrogen) atoms. The van der Waals surface area contributed by atoms with Gasteiger partial charge in [0.2, 0.25) is 11.8 Å². The molecule has 9 nitrogen and oxygen atoms in total. The first-order valence-electron chi connectivity index (χ1n) is 6.06. The normalized spacial score (nSPS) is 16.6. The summed E-state index contributed by atoms with van der Waals surface area (Å²) >= 11 is 0. The van der Waals surface area contributed by atoms with Crippen molar-refractivity contribution in [3.8, 4) is 11.8 Å². The van der Waals surface area contributed by atoms with E-state index in [4.69, 9.17) is 18.8 Å². The van der Waals surface area contributed by atoms with Crippen LogP contribution >= 0.6 is 0 Å². The van der Waals surface area contributed by atoms with E-state index in [-0.39, 0.29) is 30.3 Å². The van der Waals surface area contributed by atoms with Crippen molar-refractivity contribution in [1.29, 1.82) is 0 Å². The van der Waals surface area contributed by atoms with Gasteiger partial charge in [0.1, 0.15) is 0 Å². The molecular formula is C11H14BN3O6. The standard InChI is InChI=1S/C11H14BN3O6/c1-15-5-9(16)20-12(21-10(17)6-15)7-4-8(18-2)13-14-11(7)19-3/h4H,5-6H2,1-3H3. The minimum absolute atomic E-state index is 0.0242. The number of hydrogen-bond donors (Lipinski definition) is 0. The molecule has 10 heteroatoms. The molecule has 1 aliphatic heterocycles. The lowest BCUT2D eigenvalue weighted by atomic mass is 9.79. The van der Waals surface area contributed by atoms with Gasteiger partial charge in [-0.15, -0.1) is 10.2 Å². The summed E-state index contributed by atoms with van der Waals surface area (Å²) in [6.45, 7) is -0.0485. The van der Waals surface area contributed by atoms with Gasteiger partial charge < -0.3 is 18.8 Å². The fourth-order valence-corrected chi connectivity index (χ4v) is 1.76. The maximum Gasteiger partial charge on any atom is 0.642 e. The van der Waals surface area contributed by atoms with Gasteiger partial charge in [0.25, 0.3) is 0 Å². The molecule has 0 unspecified atom stereocenters. The topological polar surface area (TPSA) is 100 Å². The highest BCUT2D eigenvalue weighted by Gasteiger charge is 2.37. The van der Waals surface area contributed by atoms with E-state index < -0.39 is 19.1 Å². The van der Waals surface area contributed by atoms with E-state index in [0.717, 1.165) is 0 Å². The SMILES string of the molecule is COc1cc(B2OC(=O)CN(C)CC(=O)O2)c(OC)nn1. The number of ether oxygens (including phenoxy) is 2. The van der Waals surface area contributed by atoms with E-state index in [9.17, 15) is 9.59 Å². The molecule has 0 aliphatic carbocycles. The minimum Gasteiger partial charge on any atom is -0.494 e. The predicted molar refractivity (Wildman–Crippen MR) is 70.2 cm³/mol. The van der Waals surface area contributed by atoms with E-state index in [1.165, 1.54) is 25.2 Å². The molecule has 1 aliphatic rings. The zero-order valence-corrected chi connectivity index (χ0v) is 11.9. The van der Waals surface area contributed by atoms with Crippen LogP contribution in [0.15, 0.2) is 6.07 Å². The van der Waals surface area contributed by atoms with Crippen molar-refractivity contribution in [1.82, 2.24) is 15.1 Å². The van der Waals surface area contributed by atoms with Gasteiger partial charge in [-0.2, -0.15) is 0 Å². The van der Waals surface area contributed by atoms with Crippen molar-refractivity contribution >= 4 is 24.5 Å². The van der Waals surface area contributed by atoms with Crippen LogP contribution in [0.25, 0.3) is 0 Å². The van der Waals surface area contributed by atoms with E-state index in [1.807, 2.05) is 0 Å². The first-order chi connectivity index (χ1) is 10.0. The molecule has 1 saturated heterocycles. The van der Waals surface area contributed by atoms with E-state index >= 15 is 0 Å². The summed E-state index contributed by atoms with van der Waals surface area (Å²) in [5, 5.41) is 7.50. The number of carbonyl (C=O) groups excluding carboxylic acids is 2. The molecule has 0 saturated carbocycles. The molecule has 1 fully saturated rings. The van der Waals surface area contributed by atoms with Crippen LogP contribution in [-0.2, 0) is 18.9 Å². The Morgan fingerprint density at radius 1 is 1.14 bits per heavy atom. The van der Waals surface area contributed by atoms with Gasteiger partial charge in [0.05, 0.1) is 32.8 Å². The monoisotopic (exact) mass is 295 g/mol. The molecule has 0 spiro atoms. The summed E-state index contributed by atoms with van der Waals surface area (Å²) < 4.78 is 20.3. The lowest BCUT2D eigenvalue weighted by Gasteiger charge is -2.23. The molecule has 0 bridgehead atoms. The summed E-state index contributed by atoms with van der Waals surface area (Å²) in [7, 11) is 3.14. The quantitative estimate of drug-likeness (QED) is 0.599. The van der Waals surface area contributed by atoms with E-state index in [0.29, 0.717) is 0 Å². The number of nitrogens with zero attached hydrogens (tertiary/aromatic N) is 3. The number of hydrogen-bond acceptors (Lipinski definition) is 9. The average Bonchev–Trinajstić information content (AvgIpc) is 2.44. The fraction of sp³-hybridized carbons (Fsp3) is 0.455. The Labute approximate surface area is 121 Å². The van der Waals surface area contributed by atoms with Crippen molar-refractivity contribution in [2.75, 3.05) is 34.4 Å². The van der Waals surface area contributed by atoms with Gasteiger partial charge in [-0.25, -0.2) is 0 Å². The van der Waals surface area contributed by atoms with Crippen LogP contribution in [0.3, 0.4) is 0 Å². The van der Waals surface area contributed by atoms with Gasteiger partial charge >= 0.3 is 19.1 Å². The first kappa shape index (κ1) is 15.0. The highest BCUT2D eigenvalue weighted by atomic mass is 16.6. The summed E-state index contributed by atoms with van der Waals surface area (Å²) in [6.07, 6.45) is 0. The second-order valence-corrected chi connectivity index (χ2v) is 4.34. The Morgan fingerprint density at radius 3 is 2.29 bits per heavy atom. The molecule has 0 atom stereocenters. The molecule has 2 rings (SSSR count). The van der Waals surface area contributed by atoms with Gasteiger partial charge in [-0.1, -0.05) is 0 Å². The van der Waals surface area contributed by atoms with Crippen LogP contribution in [0.2, 0.25) is 0 Å². The Bertz CT molecular complexity index is 535. The third-order valence-electron chi connectivity index (χ3n) is 2.70. The van der Waals surface area contributed by atoms with Gasteiger partial charge in [-0.3, -0.25) is 14.5 Å². The summed E-state index contributed by atoms with van der Waals surface area (Å²) in [6, 6.07) is 1.43. The average molecular weight is 295 g/mol. The van der Waals surface area contributed by atoms with Crippen LogP contribution in [0.4, 0.5) is 0 Å². The number of aromatic nitrogens is 2. The second kappa shape index (κ2) is 6.40. The zero-order chi connectivity index (χ0) is 15.4. The molecule has 2 heterocycles. The smallest absolute Gasteiger partial charge is 0.494 e. The van der Waals surface area contributed by atoms with Gasteiger partial charge in [-0.05, 0) is 7.05 Å². The number of rotatable bonds is 3. The largest absolute Gasteiger partial charge is 0.642 e. The summed E-state index contributed by atoms with van der Waals surface area (Å²) in [5.41, 5.74) is 0.246. The second-order valence-electron chi connectivity index (χ2n) is 4.34. The highest BCUT2D eigenvalue weighted by Crippen LogP contribution is 2.11. The Kier molecular flexibility index (Phi) is 4.58. The van der Waals surface area contributed by atoms with Crippen LogP contribution in [0, 0.1) is 0 Å². The molecule has 0 radical (unpaired) electrons. The van der Waals surface area contributed by atoms with Crippen LogP contribution in [0.1, 0.15) is 0 Å². The number of methoxy groups -OCH3 is 2. The Balaban J connectivity index is 2.33. The van der Waals surface area contributed by atoms with Crippen LogP contribution in [0.5, 0.6) is 11.8 Å². The molecule has 112 valence electrons. The van der Waals surface area contributed by atoms with Crippen LogP contribution < -0.4 is 14.9 Å². The fourth-order valence-electron chi connectivity index (χ4n) is 1.76. The van der Waals surface area contributed by atoms with Crippen molar-refractivity contribution in [3.63, 3.8) is 0 Å². The minimum atomic E-state index is -1.25. The third-order valence-corrected chi connectivity index (χ3v) is 2.70. The highest BCUT2D eigenvalue weighted by molar-refractivity contribution is 6.65. The van der Waals surface area contributed by atoms with Crippen molar-refractivity contribution in [2.45, 2.75) is 0 Å². The maximum absolute atomic E-state index is 11.7. The Hall–Kier alpha value is -2.36. The van der Waals surface area contributed by atoms with E-state index in [2.05, 4.69) is 10.2 Å². The van der Waals surface area contributed by atoms with E-state index in [1.54, 1.807) is 7.05 Å². The van der Waals surface area contributed by atoms with Gasteiger partial charge in [0, 0.05) is 6.07 Å². The lowest BCUT2D eigenvalue weighted by Crippen LogP contribution is -2.48. The molecule has 0 aromatic carbocycles. The molecule has 1 aromatic heterocycles. The lowest BCUT2D eigenvalue weighted by molar-refractivity contribution is -0.145. The summed E-state index contributed by atoms with van der Waals surface area (Å²) in [5.74, 6) is -0.812. The predicted octanol–water partition coefficient (Wildman–Crippen LogP) is -1.78. The van der Waals surface area contributed by atoms with Crippen molar-refractivity contribution in [3.05, 3.63) is 6.07 Å². The first-order valence-corrected chi connectivity index (χ1v) is 6.06. The van der Waals surface area contributed by atoms with Crippen molar-refractivity contribution < 1.29 is 28.4 Å². The molecule has 0 N–H and O–H groups in total.